The van der Waals surface area contributed by atoms with Gasteiger partial charge in [-0.25, -0.2) is 4.68 Å². The Balaban J connectivity index is 1.88. The highest BCUT2D eigenvalue weighted by Crippen LogP contribution is 2.08. The average molecular weight is 233 g/mol. The van der Waals surface area contributed by atoms with Crippen LogP contribution in [0.4, 0.5) is 0 Å². The third-order valence-corrected chi connectivity index (χ3v) is 2.28. The number of tetrazole rings is 1. The standard InChI is InChI=1S/C11H15N5O/c1-9(12)11-13-14-15-16(11)7-8-17-10-5-3-2-4-6-10/h2-6,9H,7-8,12H2,1H3. The summed E-state index contributed by atoms with van der Waals surface area (Å²) in [5.74, 6) is 1.50. The Morgan fingerprint density at radius 1 is 1.35 bits per heavy atom. The summed E-state index contributed by atoms with van der Waals surface area (Å²) < 4.78 is 7.22. The van der Waals surface area contributed by atoms with E-state index < -0.39 is 0 Å². The Morgan fingerprint density at radius 3 is 2.82 bits per heavy atom. The Hall–Kier alpha value is -1.95. The van der Waals surface area contributed by atoms with Gasteiger partial charge in [0.25, 0.3) is 0 Å². The molecule has 0 fully saturated rings. The fourth-order valence-electron chi connectivity index (χ4n) is 1.46. The first-order valence-corrected chi connectivity index (χ1v) is 5.47. The van der Waals surface area contributed by atoms with Gasteiger partial charge in [-0.1, -0.05) is 18.2 Å². The molecule has 0 saturated heterocycles. The molecular weight excluding hydrogens is 218 g/mol. The summed E-state index contributed by atoms with van der Waals surface area (Å²) in [6.45, 7) is 2.94. The summed E-state index contributed by atoms with van der Waals surface area (Å²) in [5.41, 5.74) is 5.74. The van der Waals surface area contributed by atoms with Gasteiger partial charge in [-0.05, 0) is 29.5 Å². The van der Waals surface area contributed by atoms with E-state index in [1.807, 2.05) is 37.3 Å². The SMILES string of the molecule is CC(N)c1nnnn1CCOc1ccccc1. The van der Waals surface area contributed by atoms with Gasteiger partial charge in [-0.2, -0.15) is 0 Å². The molecule has 1 atom stereocenters. The van der Waals surface area contributed by atoms with Gasteiger partial charge in [0.2, 0.25) is 0 Å². The topological polar surface area (TPSA) is 78.9 Å². The molecule has 0 aliphatic heterocycles. The van der Waals surface area contributed by atoms with E-state index in [0.29, 0.717) is 19.0 Å². The maximum Gasteiger partial charge on any atom is 0.167 e. The van der Waals surface area contributed by atoms with E-state index in [1.54, 1.807) is 4.68 Å². The van der Waals surface area contributed by atoms with E-state index in [1.165, 1.54) is 0 Å². The van der Waals surface area contributed by atoms with E-state index in [4.69, 9.17) is 10.5 Å². The van der Waals surface area contributed by atoms with E-state index in [2.05, 4.69) is 15.5 Å². The Kier molecular flexibility index (Phi) is 3.66. The van der Waals surface area contributed by atoms with Gasteiger partial charge in [0, 0.05) is 0 Å². The fraction of sp³-hybridized carbons (Fsp3) is 0.364. The zero-order chi connectivity index (χ0) is 12.1. The lowest BCUT2D eigenvalue weighted by Gasteiger charge is -2.08. The van der Waals surface area contributed by atoms with Crippen LogP contribution in [0.1, 0.15) is 18.8 Å². The van der Waals surface area contributed by atoms with Crippen LogP contribution in [-0.2, 0) is 6.54 Å². The first kappa shape index (κ1) is 11.5. The monoisotopic (exact) mass is 233 g/mol. The third kappa shape index (κ3) is 3.01. The number of rotatable bonds is 5. The van der Waals surface area contributed by atoms with E-state index in [9.17, 15) is 0 Å². The van der Waals surface area contributed by atoms with Gasteiger partial charge in [-0.3, -0.25) is 0 Å². The van der Waals surface area contributed by atoms with Crippen molar-refractivity contribution in [2.45, 2.75) is 19.5 Å². The van der Waals surface area contributed by atoms with Crippen molar-refractivity contribution in [2.75, 3.05) is 6.61 Å². The molecule has 1 unspecified atom stereocenters. The minimum Gasteiger partial charge on any atom is -0.492 e. The summed E-state index contributed by atoms with van der Waals surface area (Å²) in [6.07, 6.45) is 0. The molecule has 2 aromatic rings. The quantitative estimate of drug-likeness (QED) is 0.825. The molecule has 0 aliphatic rings. The van der Waals surface area contributed by atoms with Gasteiger partial charge >= 0.3 is 0 Å². The molecule has 1 aromatic heterocycles. The molecule has 0 aliphatic carbocycles. The normalized spacial score (nSPS) is 12.4. The molecule has 90 valence electrons. The minimum absolute atomic E-state index is 0.179. The highest BCUT2D eigenvalue weighted by atomic mass is 16.5. The van der Waals surface area contributed by atoms with Crippen molar-refractivity contribution in [3.63, 3.8) is 0 Å². The third-order valence-electron chi connectivity index (χ3n) is 2.28. The van der Waals surface area contributed by atoms with Crippen LogP contribution in [0.25, 0.3) is 0 Å². The molecule has 0 radical (unpaired) electrons. The Labute approximate surface area is 99.4 Å². The van der Waals surface area contributed by atoms with E-state index >= 15 is 0 Å². The number of hydrogen-bond donors (Lipinski definition) is 1. The predicted octanol–water partition coefficient (Wildman–Crippen LogP) is 0.772. The minimum atomic E-state index is -0.179. The number of nitrogens with two attached hydrogens (primary N) is 1. The van der Waals surface area contributed by atoms with Crippen LogP contribution < -0.4 is 10.5 Å². The maximum absolute atomic E-state index is 5.74. The fourth-order valence-corrected chi connectivity index (χ4v) is 1.46. The lowest BCUT2D eigenvalue weighted by molar-refractivity contribution is 0.286. The smallest absolute Gasteiger partial charge is 0.167 e. The van der Waals surface area contributed by atoms with Crippen LogP contribution >= 0.6 is 0 Å². The van der Waals surface area contributed by atoms with Crippen molar-refractivity contribution < 1.29 is 4.74 Å². The number of nitrogens with zero attached hydrogens (tertiary/aromatic N) is 4. The maximum atomic E-state index is 5.74. The summed E-state index contributed by atoms with van der Waals surface area (Å²) in [5, 5.41) is 11.3. The Bertz CT molecular complexity index is 454. The molecule has 2 N–H and O–H groups in total. The second-order valence-electron chi connectivity index (χ2n) is 3.71. The molecule has 6 nitrogen and oxygen atoms in total. The van der Waals surface area contributed by atoms with Crippen LogP contribution in [0.2, 0.25) is 0 Å². The van der Waals surface area contributed by atoms with Crippen LogP contribution in [0.15, 0.2) is 30.3 Å². The molecule has 6 heteroatoms. The highest BCUT2D eigenvalue weighted by Gasteiger charge is 2.09. The van der Waals surface area contributed by atoms with Gasteiger partial charge in [-0.15, -0.1) is 5.10 Å². The second kappa shape index (κ2) is 5.40. The molecule has 0 bridgehead atoms. The lowest BCUT2D eigenvalue weighted by atomic mass is 10.3. The predicted molar refractivity (Wildman–Crippen MR) is 62.4 cm³/mol. The van der Waals surface area contributed by atoms with Gasteiger partial charge < -0.3 is 10.5 Å². The van der Waals surface area contributed by atoms with E-state index in [0.717, 1.165) is 5.75 Å². The van der Waals surface area contributed by atoms with Gasteiger partial charge in [0.1, 0.15) is 12.4 Å². The van der Waals surface area contributed by atoms with E-state index in [-0.39, 0.29) is 6.04 Å². The summed E-state index contributed by atoms with van der Waals surface area (Å²) in [7, 11) is 0. The summed E-state index contributed by atoms with van der Waals surface area (Å²) >= 11 is 0. The highest BCUT2D eigenvalue weighted by molar-refractivity contribution is 5.20. The molecular formula is C11H15N5O. The number of benzene rings is 1. The van der Waals surface area contributed by atoms with Gasteiger partial charge in [0.15, 0.2) is 5.82 Å². The molecule has 1 aromatic carbocycles. The van der Waals surface area contributed by atoms with Crippen molar-refractivity contribution >= 4 is 0 Å². The number of aromatic nitrogens is 4. The average Bonchev–Trinajstić information content (AvgIpc) is 2.79. The van der Waals surface area contributed by atoms with Gasteiger partial charge in [0.05, 0.1) is 12.6 Å². The zero-order valence-corrected chi connectivity index (χ0v) is 9.65. The van der Waals surface area contributed by atoms with Crippen molar-refractivity contribution in [3.05, 3.63) is 36.2 Å². The van der Waals surface area contributed by atoms with Crippen molar-refractivity contribution in [2.24, 2.45) is 5.73 Å². The van der Waals surface area contributed by atoms with Crippen molar-refractivity contribution in [1.29, 1.82) is 0 Å². The second-order valence-corrected chi connectivity index (χ2v) is 3.71. The van der Waals surface area contributed by atoms with Crippen LogP contribution in [0.5, 0.6) is 5.75 Å². The molecule has 1 heterocycles. The molecule has 2 rings (SSSR count). The molecule has 17 heavy (non-hydrogen) atoms. The molecule has 0 amide bonds. The first-order chi connectivity index (χ1) is 8.27. The first-order valence-electron chi connectivity index (χ1n) is 5.47. The molecule has 0 saturated carbocycles. The number of hydrogen-bond acceptors (Lipinski definition) is 5. The lowest BCUT2D eigenvalue weighted by Crippen LogP contribution is -2.17. The largest absolute Gasteiger partial charge is 0.492 e. The number of ether oxygens (including phenoxy) is 1. The molecule has 0 spiro atoms. The van der Waals surface area contributed by atoms with Crippen LogP contribution in [0, 0.1) is 0 Å². The van der Waals surface area contributed by atoms with Crippen molar-refractivity contribution in [3.8, 4) is 5.75 Å². The zero-order valence-electron chi connectivity index (χ0n) is 9.65. The number of para-hydroxylation sites is 1. The summed E-state index contributed by atoms with van der Waals surface area (Å²) in [4.78, 5) is 0. The van der Waals surface area contributed by atoms with Crippen LogP contribution in [-0.4, -0.2) is 26.8 Å². The van der Waals surface area contributed by atoms with Crippen LogP contribution in [0.3, 0.4) is 0 Å². The Morgan fingerprint density at radius 2 is 2.12 bits per heavy atom. The van der Waals surface area contributed by atoms with Crippen molar-refractivity contribution in [1.82, 2.24) is 20.2 Å². The summed E-state index contributed by atoms with van der Waals surface area (Å²) in [6, 6.07) is 9.45.